The molecule has 0 saturated heterocycles. The van der Waals surface area contributed by atoms with Gasteiger partial charge in [0.2, 0.25) is 0 Å². The first-order valence-corrected chi connectivity index (χ1v) is 7.76. The van der Waals surface area contributed by atoms with Crippen molar-refractivity contribution in [3.63, 3.8) is 0 Å². The van der Waals surface area contributed by atoms with Gasteiger partial charge in [-0.3, -0.25) is 4.99 Å². The minimum absolute atomic E-state index is 0. The fourth-order valence-corrected chi connectivity index (χ4v) is 3.01. The van der Waals surface area contributed by atoms with Gasteiger partial charge in [0.15, 0.2) is 29.5 Å². The molecule has 7 heteroatoms. The third-order valence-corrected chi connectivity index (χ3v) is 4.12. The van der Waals surface area contributed by atoms with Gasteiger partial charge in [-0.1, -0.05) is 17.8 Å². The summed E-state index contributed by atoms with van der Waals surface area (Å²) in [6, 6.07) is 10.6. The lowest BCUT2D eigenvalue weighted by atomic mass is 10.0. The Kier molecular flexibility index (Phi) is 8.24. The smallest absolute Gasteiger partial charge is 0.182 e. The summed E-state index contributed by atoms with van der Waals surface area (Å²) < 4.78 is 0. The van der Waals surface area contributed by atoms with Crippen LogP contribution < -0.4 is 40.1 Å². The first kappa shape index (κ1) is 18.7. The Bertz CT molecular complexity index is 581. The molecule has 1 unspecified atom stereocenters. The number of pyridine rings is 2. The Morgan fingerprint density at radius 1 is 1.18 bits per heavy atom. The van der Waals surface area contributed by atoms with Crippen LogP contribution in [0, 0.1) is 0 Å². The number of aromatic amines is 2. The molecular formula is C15H18Cl2N4S. The zero-order chi connectivity index (χ0) is 13.6. The molecule has 0 amide bonds. The highest BCUT2D eigenvalue weighted by atomic mass is 35.5. The minimum Gasteiger partial charge on any atom is -1.00 e. The predicted molar refractivity (Wildman–Crippen MR) is 80.3 cm³/mol. The molecule has 2 aromatic heterocycles. The topological polar surface area (TPSA) is 52.7 Å². The number of nitrogens with one attached hydrogen (secondary N) is 3. The molecule has 22 heavy (non-hydrogen) atoms. The van der Waals surface area contributed by atoms with Crippen molar-refractivity contribution in [3.05, 3.63) is 60.2 Å². The fraction of sp³-hybridized carbons (Fsp3) is 0.267. The van der Waals surface area contributed by atoms with Crippen LogP contribution in [0.5, 0.6) is 0 Å². The molecule has 2 aromatic rings. The first-order chi connectivity index (χ1) is 9.92. The first-order valence-electron chi connectivity index (χ1n) is 6.77. The van der Waals surface area contributed by atoms with E-state index in [-0.39, 0.29) is 30.9 Å². The molecule has 1 aliphatic heterocycles. The second-order valence-electron chi connectivity index (χ2n) is 4.66. The molecular weight excluding hydrogens is 339 g/mol. The minimum atomic E-state index is 0. The lowest BCUT2D eigenvalue weighted by Gasteiger charge is -2.16. The number of rotatable bonds is 4. The highest BCUT2D eigenvalue weighted by Crippen LogP contribution is 2.19. The Morgan fingerprint density at radius 2 is 2.09 bits per heavy atom. The summed E-state index contributed by atoms with van der Waals surface area (Å²) in [5.41, 5.74) is 2.44. The summed E-state index contributed by atoms with van der Waals surface area (Å²) in [6.45, 7) is 0.915. The fourth-order valence-electron chi connectivity index (χ4n) is 2.23. The molecule has 0 fully saturated rings. The van der Waals surface area contributed by atoms with Gasteiger partial charge in [0.05, 0.1) is 19.0 Å². The zero-order valence-corrected chi connectivity index (χ0v) is 14.3. The van der Waals surface area contributed by atoms with E-state index in [9.17, 15) is 0 Å². The molecule has 0 bridgehead atoms. The second kappa shape index (κ2) is 9.66. The number of nitrogens with zero attached hydrogens (tertiary/aromatic N) is 1. The maximum Gasteiger partial charge on any atom is 0.182 e. The number of aromatic nitrogens is 2. The van der Waals surface area contributed by atoms with Crippen molar-refractivity contribution in [2.45, 2.75) is 12.5 Å². The van der Waals surface area contributed by atoms with Crippen molar-refractivity contribution in [3.8, 4) is 0 Å². The molecule has 3 N–H and O–H groups in total. The molecule has 3 heterocycles. The third kappa shape index (κ3) is 5.16. The quantitative estimate of drug-likeness (QED) is 0.598. The van der Waals surface area contributed by atoms with Crippen molar-refractivity contribution < 1.29 is 34.8 Å². The standard InChI is InChI=1S/C15H16N4S.2ClH/c1-2-7-17-13(5-1)10-14(12-4-3-6-16-11-12)19-15-18-8-9-20-15;;/h1-7,11,14H,8-10H2,(H,18,19);2*1H. The van der Waals surface area contributed by atoms with Crippen LogP contribution in [0.25, 0.3) is 0 Å². The normalized spacial score (nSPS) is 14.3. The molecule has 118 valence electrons. The maximum atomic E-state index is 4.49. The molecule has 0 spiro atoms. The van der Waals surface area contributed by atoms with Gasteiger partial charge in [-0.2, -0.15) is 0 Å². The monoisotopic (exact) mass is 356 g/mol. The molecule has 0 aliphatic carbocycles. The molecule has 4 nitrogen and oxygen atoms in total. The molecule has 1 atom stereocenters. The summed E-state index contributed by atoms with van der Waals surface area (Å²) in [5, 5.41) is 4.60. The highest BCUT2D eigenvalue weighted by molar-refractivity contribution is 8.14. The Hall–Kier alpha value is -1.30. The van der Waals surface area contributed by atoms with Crippen molar-refractivity contribution in [1.29, 1.82) is 0 Å². The second-order valence-corrected chi connectivity index (χ2v) is 5.74. The number of hydrogen-bond acceptors (Lipinski definition) is 3. The summed E-state index contributed by atoms with van der Waals surface area (Å²) in [4.78, 5) is 10.9. The van der Waals surface area contributed by atoms with Gasteiger partial charge in [-0.05, 0) is 6.07 Å². The Labute approximate surface area is 147 Å². The zero-order valence-electron chi connectivity index (χ0n) is 11.9. The van der Waals surface area contributed by atoms with Crippen molar-refractivity contribution in [1.82, 2.24) is 5.32 Å². The number of halogens is 2. The molecule has 3 rings (SSSR count). The van der Waals surface area contributed by atoms with Crippen LogP contribution in [-0.2, 0) is 6.42 Å². The van der Waals surface area contributed by atoms with E-state index in [1.165, 1.54) is 11.3 Å². The summed E-state index contributed by atoms with van der Waals surface area (Å²) >= 11 is 1.79. The van der Waals surface area contributed by atoms with Crippen LogP contribution in [-0.4, -0.2) is 17.5 Å². The predicted octanol–water partition coefficient (Wildman–Crippen LogP) is -4.70. The van der Waals surface area contributed by atoms with E-state index in [1.807, 2.05) is 30.7 Å². The van der Waals surface area contributed by atoms with Gasteiger partial charge in [0, 0.05) is 29.5 Å². The van der Waals surface area contributed by atoms with Crippen LogP contribution in [0.2, 0.25) is 0 Å². The SMILES string of the molecule is [Cl-].[Cl-].c1ccc(CC(NC2=NCCS2)c2ccc[nH+]c2)[nH+]c1. The lowest BCUT2D eigenvalue weighted by Crippen LogP contribution is -3.00. The van der Waals surface area contributed by atoms with Crippen molar-refractivity contribution >= 4 is 16.9 Å². The Balaban J connectivity index is 0.00000121. The van der Waals surface area contributed by atoms with Gasteiger partial charge >= 0.3 is 0 Å². The average Bonchev–Trinajstić information content (AvgIpc) is 3.02. The van der Waals surface area contributed by atoms with E-state index in [0.717, 1.165) is 23.9 Å². The van der Waals surface area contributed by atoms with Gasteiger partial charge in [-0.15, -0.1) is 0 Å². The van der Waals surface area contributed by atoms with E-state index < -0.39 is 0 Å². The number of amidine groups is 1. The van der Waals surface area contributed by atoms with Crippen molar-refractivity contribution in [2.24, 2.45) is 4.99 Å². The molecule has 1 aliphatic rings. The molecule has 0 aromatic carbocycles. The van der Waals surface area contributed by atoms with Gasteiger partial charge < -0.3 is 30.1 Å². The maximum absolute atomic E-state index is 4.49. The third-order valence-electron chi connectivity index (χ3n) is 3.21. The van der Waals surface area contributed by atoms with Gasteiger partial charge in [-0.25, -0.2) is 9.97 Å². The molecule has 0 radical (unpaired) electrons. The largest absolute Gasteiger partial charge is 1.00 e. The van der Waals surface area contributed by atoms with Gasteiger partial charge in [0.25, 0.3) is 0 Å². The Morgan fingerprint density at radius 3 is 2.73 bits per heavy atom. The van der Waals surface area contributed by atoms with Crippen molar-refractivity contribution in [2.75, 3.05) is 12.3 Å². The lowest BCUT2D eigenvalue weighted by molar-refractivity contribution is -0.390. The average molecular weight is 357 g/mol. The number of aliphatic imine (C=N–C) groups is 1. The van der Waals surface area contributed by atoms with Crippen LogP contribution in [0.4, 0.5) is 0 Å². The van der Waals surface area contributed by atoms with Crippen LogP contribution in [0.15, 0.2) is 53.9 Å². The summed E-state index contributed by atoms with van der Waals surface area (Å²) in [6.07, 6.45) is 6.83. The number of hydrogen-bond donors (Lipinski definition) is 1. The van der Waals surface area contributed by atoms with Crippen LogP contribution in [0.1, 0.15) is 17.3 Å². The van der Waals surface area contributed by atoms with E-state index >= 15 is 0 Å². The van der Waals surface area contributed by atoms with Gasteiger partial charge in [0.1, 0.15) is 0 Å². The number of thioether (sulfide) groups is 1. The molecule has 0 saturated carbocycles. The number of H-pyrrole nitrogens is 2. The van der Waals surface area contributed by atoms with Crippen LogP contribution in [0.3, 0.4) is 0 Å². The van der Waals surface area contributed by atoms with E-state index in [2.05, 4.69) is 38.5 Å². The van der Waals surface area contributed by atoms with E-state index in [1.54, 1.807) is 11.8 Å². The van der Waals surface area contributed by atoms with E-state index in [4.69, 9.17) is 0 Å². The van der Waals surface area contributed by atoms with E-state index in [0.29, 0.717) is 0 Å². The highest BCUT2D eigenvalue weighted by Gasteiger charge is 2.20. The summed E-state index contributed by atoms with van der Waals surface area (Å²) in [7, 11) is 0. The van der Waals surface area contributed by atoms with Crippen LogP contribution >= 0.6 is 11.8 Å². The summed E-state index contributed by atoms with van der Waals surface area (Å²) in [5.74, 6) is 1.08.